The smallest absolute Gasteiger partial charge is 0.186 e. The molecule has 0 spiro atoms. The largest absolute Gasteiger partial charge is 0.492 e. The van der Waals surface area contributed by atoms with E-state index in [1.165, 1.54) is 11.3 Å². The fraction of sp³-hybridized carbons (Fsp3) is 0.385. The summed E-state index contributed by atoms with van der Waals surface area (Å²) in [6.45, 7) is 3.11. The van der Waals surface area contributed by atoms with Crippen LogP contribution in [0.25, 0.3) is 9.75 Å². The number of thiophene rings is 2. The zero-order valence-electron chi connectivity index (χ0n) is 11.3. The molecule has 20 heavy (non-hydrogen) atoms. The summed E-state index contributed by atoms with van der Waals surface area (Å²) in [7, 11) is 3.29. The average molecular weight is 330 g/mol. The lowest BCUT2D eigenvalue weighted by Gasteiger charge is -2.16. The van der Waals surface area contributed by atoms with Gasteiger partial charge in [0.25, 0.3) is 0 Å². The quantitative estimate of drug-likeness (QED) is 0.867. The topological polar surface area (TPSA) is 36.9 Å². The maximum absolute atomic E-state index is 5.76. The van der Waals surface area contributed by atoms with Gasteiger partial charge in [0.15, 0.2) is 23.0 Å². The molecule has 0 aromatic carbocycles. The molecule has 0 saturated heterocycles. The predicted molar refractivity (Wildman–Crippen MR) is 83.7 cm³/mol. The third-order valence-electron chi connectivity index (χ3n) is 2.98. The monoisotopic (exact) mass is 330 g/mol. The highest BCUT2D eigenvalue weighted by Gasteiger charge is 2.29. The summed E-state index contributed by atoms with van der Waals surface area (Å²) in [5.41, 5.74) is 0. The standard InChI is InChI=1S/C13H14O4S3/c1-6-7(14-2)8(15-3)11(19-6)12-9-10(13(18)20-12)17-5-4-16-9/h18H,4-5H2,1-3H3. The molecule has 0 atom stereocenters. The van der Waals surface area contributed by atoms with Gasteiger partial charge in [0.1, 0.15) is 17.4 Å². The van der Waals surface area contributed by atoms with Gasteiger partial charge in [-0.15, -0.1) is 35.3 Å². The van der Waals surface area contributed by atoms with Crippen molar-refractivity contribution in [3.8, 4) is 32.8 Å². The first-order valence-corrected chi connectivity index (χ1v) is 8.08. The molecule has 0 radical (unpaired) electrons. The first-order chi connectivity index (χ1) is 9.67. The van der Waals surface area contributed by atoms with E-state index in [0.717, 1.165) is 41.8 Å². The van der Waals surface area contributed by atoms with Crippen LogP contribution < -0.4 is 18.9 Å². The minimum Gasteiger partial charge on any atom is -0.492 e. The average Bonchev–Trinajstić information content (AvgIpc) is 2.96. The Bertz CT molecular complexity index is 606. The van der Waals surface area contributed by atoms with Crippen LogP contribution in [0.3, 0.4) is 0 Å². The molecular weight excluding hydrogens is 316 g/mol. The van der Waals surface area contributed by atoms with Gasteiger partial charge in [0.05, 0.1) is 24.0 Å². The number of hydrogen-bond donors (Lipinski definition) is 1. The Hall–Kier alpha value is -1.05. The van der Waals surface area contributed by atoms with Crippen LogP contribution in [0, 0.1) is 6.92 Å². The van der Waals surface area contributed by atoms with Crippen molar-refractivity contribution in [1.82, 2.24) is 0 Å². The van der Waals surface area contributed by atoms with Crippen LogP contribution in [0.5, 0.6) is 23.0 Å². The van der Waals surface area contributed by atoms with Crippen LogP contribution in [0.4, 0.5) is 0 Å². The van der Waals surface area contributed by atoms with E-state index in [9.17, 15) is 0 Å². The van der Waals surface area contributed by atoms with Gasteiger partial charge < -0.3 is 18.9 Å². The lowest BCUT2D eigenvalue weighted by atomic mass is 10.3. The number of rotatable bonds is 3. The second kappa shape index (κ2) is 5.38. The van der Waals surface area contributed by atoms with Gasteiger partial charge in [-0.05, 0) is 6.92 Å². The second-order valence-corrected chi connectivity index (χ2v) is 7.14. The number of thiol groups is 1. The van der Waals surface area contributed by atoms with E-state index in [4.69, 9.17) is 18.9 Å². The van der Waals surface area contributed by atoms with Crippen molar-refractivity contribution in [3.05, 3.63) is 4.88 Å². The van der Waals surface area contributed by atoms with Crippen molar-refractivity contribution in [1.29, 1.82) is 0 Å². The van der Waals surface area contributed by atoms with Crippen molar-refractivity contribution in [2.75, 3.05) is 27.4 Å². The van der Waals surface area contributed by atoms with Crippen LogP contribution >= 0.6 is 35.3 Å². The van der Waals surface area contributed by atoms with E-state index < -0.39 is 0 Å². The van der Waals surface area contributed by atoms with Gasteiger partial charge in [0, 0.05) is 4.88 Å². The number of fused-ring (bicyclic) bond motifs is 1. The first kappa shape index (κ1) is 13.9. The summed E-state index contributed by atoms with van der Waals surface area (Å²) >= 11 is 7.63. The maximum atomic E-state index is 5.76. The Kier molecular flexibility index (Phi) is 3.74. The molecule has 0 amide bonds. The van der Waals surface area contributed by atoms with Crippen molar-refractivity contribution in [2.24, 2.45) is 0 Å². The Morgan fingerprint density at radius 3 is 2.25 bits per heavy atom. The van der Waals surface area contributed by atoms with Crippen LogP contribution in [0.1, 0.15) is 4.88 Å². The molecule has 0 N–H and O–H groups in total. The summed E-state index contributed by atoms with van der Waals surface area (Å²) in [6, 6.07) is 0. The van der Waals surface area contributed by atoms with E-state index in [0.29, 0.717) is 13.2 Å². The third kappa shape index (κ3) is 2.04. The van der Waals surface area contributed by atoms with Crippen molar-refractivity contribution in [2.45, 2.75) is 11.1 Å². The minimum absolute atomic E-state index is 0.549. The number of methoxy groups -OCH3 is 2. The molecule has 0 fully saturated rings. The molecule has 4 nitrogen and oxygen atoms in total. The van der Waals surface area contributed by atoms with E-state index in [1.807, 2.05) is 6.92 Å². The normalized spacial score (nSPS) is 13.4. The molecule has 3 rings (SSSR count). The molecule has 108 valence electrons. The van der Waals surface area contributed by atoms with Gasteiger partial charge >= 0.3 is 0 Å². The summed E-state index contributed by atoms with van der Waals surface area (Å²) in [5.74, 6) is 2.99. The molecule has 0 aliphatic carbocycles. The van der Waals surface area contributed by atoms with Crippen LogP contribution in [-0.4, -0.2) is 27.4 Å². The molecule has 1 aliphatic heterocycles. The summed E-state index contributed by atoms with van der Waals surface area (Å²) in [6.07, 6.45) is 0. The Balaban J connectivity index is 2.19. The molecule has 0 bridgehead atoms. The number of ether oxygens (including phenoxy) is 4. The maximum Gasteiger partial charge on any atom is 0.186 e. The van der Waals surface area contributed by atoms with E-state index in [1.54, 1.807) is 25.6 Å². The fourth-order valence-electron chi connectivity index (χ4n) is 2.16. The first-order valence-electron chi connectivity index (χ1n) is 6.00. The molecule has 3 heterocycles. The second-order valence-electron chi connectivity index (χ2n) is 4.15. The van der Waals surface area contributed by atoms with E-state index >= 15 is 0 Å². The van der Waals surface area contributed by atoms with Crippen LogP contribution in [0.15, 0.2) is 4.21 Å². The Morgan fingerprint density at radius 1 is 0.950 bits per heavy atom. The summed E-state index contributed by atoms with van der Waals surface area (Å²) < 4.78 is 23.1. The highest BCUT2D eigenvalue weighted by molar-refractivity contribution is 7.83. The van der Waals surface area contributed by atoms with Crippen molar-refractivity contribution in [3.63, 3.8) is 0 Å². The van der Waals surface area contributed by atoms with Gasteiger partial charge in [0.2, 0.25) is 0 Å². The SMILES string of the molecule is COc1c(C)sc(-c2sc(S)c3c2OCCO3)c1OC. The fourth-order valence-corrected chi connectivity index (χ4v) is 4.75. The molecule has 2 aromatic rings. The van der Waals surface area contributed by atoms with Gasteiger partial charge in [-0.1, -0.05) is 0 Å². The number of hydrogen-bond acceptors (Lipinski definition) is 7. The Labute approximate surface area is 130 Å². The minimum atomic E-state index is 0.549. The van der Waals surface area contributed by atoms with Crippen molar-refractivity contribution < 1.29 is 18.9 Å². The molecule has 1 aliphatic rings. The van der Waals surface area contributed by atoms with E-state index in [2.05, 4.69) is 12.6 Å². The molecule has 7 heteroatoms. The number of aryl methyl sites for hydroxylation is 1. The highest BCUT2D eigenvalue weighted by atomic mass is 32.2. The predicted octanol–water partition coefficient (Wildman–Crippen LogP) is 3.86. The van der Waals surface area contributed by atoms with Crippen LogP contribution in [-0.2, 0) is 0 Å². The molecule has 0 saturated carbocycles. The lowest BCUT2D eigenvalue weighted by Crippen LogP contribution is -2.14. The van der Waals surface area contributed by atoms with E-state index in [-0.39, 0.29) is 0 Å². The third-order valence-corrected chi connectivity index (χ3v) is 5.65. The zero-order chi connectivity index (χ0) is 14.3. The zero-order valence-corrected chi connectivity index (χ0v) is 13.8. The van der Waals surface area contributed by atoms with Gasteiger partial charge in [-0.3, -0.25) is 0 Å². The molecule has 0 unspecified atom stereocenters. The van der Waals surface area contributed by atoms with Gasteiger partial charge in [-0.25, -0.2) is 0 Å². The summed E-state index contributed by atoms with van der Waals surface area (Å²) in [4.78, 5) is 3.05. The van der Waals surface area contributed by atoms with Gasteiger partial charge in [-0.2, -0.15) is 0 Å². The summed E-state index contributed by atoms with van der Waals surface area (Å²) in [5, 5.41) is 0. The molecule has 2 aromatic heterocycles. The lowest BCUT2D eigenvalue weighted by molar-refractivity contribution is 0.170. The van der Waals surface area contributed by atoms with Crippen molar-refractivity contribution >= 4 is 35.3 Å². The van der Waals surface area contributed by atoms with Crippen LogP contribution in [0.2, 0.25) is 0 Å². The Morgan fingerprint density at radius 2 is 1.60 bits per heavy atom. The molecular formula is C13H14O4S3. The highest BCUT2D eigenvalue weighted by Crippen LogP contribution is 2.57.